The van der Waals surface area contributed by atoms with E-state index in [4.69, 9.17) is 10.3 Å². The summed E-state index contributed by atoms with van der Waals surface area (Å²) in [5.41, 5.74) is 1.80. The molecule has 1 fully saturated rings. The average molecular weight is 360 g/mol. The quantitative estimate of drug-likeness (QED) is 0.362. The second-order valence-corrected chi connectivity index (χ2v) is 6.10. The summed E-state index contributed by atoms with van der Waals surface area (Å²) in [7, 11) is 0. The van der Waals surface area contributed by atoms with E-state index >= 15 is 0 Å². The molecule has 1 saturated heterocycles. The highest BCUT2D eigenvalue weighted by atomic mass is 16.6. The van der Waals surface area contributed by atoms with Crippen molar-refractivity contribution in [3.8, 4) is 0 Å². The number of rotatable bonds is 5. The third kappa shape index (κ3) is 3.53. The van der Waals surface area contributed by atoms with Crippen molar-refractivity contribution >= 4 is 23.2 Å². The van der Waals surface area contributed by atoms with Crippen LogP contribution in [0.5, 0.6) is 0 Å². The molecule has 1 aromatic carbocycles. The van der Waals surface area contributed by atoms with E-state index < -0.39 is 16.7 Å². The SMILES string of the molecule is NN(C(=O)c1ccc([N+](=O)[O-])o1)c1cc(CO)ccc1N1CCCCC1. The van der Waals surface area contributed by atoms with Gasteiger partial charge in [0.15, 0.2) is 0 Å². The molecule has 1 aromatic heterocycles. The number of hydrogen-bond donors (Lipinski definition) is 2. The lowest BCUT2D eigenvalue weighted by Gasteiger charge is -2.32. The predicted octanol–water partition coefficient (Wildman–Crippen LogP) is 2.19. The third-order valence-electron chi connectivity index (χ3n) is 4.38. The highest BCUT2D eigenvalue weighted by molar-refractivity contribution is 6.05. The second kappa shape index (κ2) is 7.54. The van der Waals surface area contributed by atoms with Crippen molar-refractivity contribution in [2.75, 3.05) is 23.0 Å². The number of hydrogen-bond acceptors (Lipinski definition) is 7. The molecule has 0 spiro atoms. The Morgan fingerprint density at radius 2 is 2.00 bits per heavy atom. The summed E-state index contributed by atoms with van der Waals surface area (Å²) in [5.74, 6) is 4.58. The maximum atomic E-state index is 12.6. The fraction of sp³-hybridized carbons (Fsp3) is 0.353. The first-order valence-electron chi connectivity index (χ1n) is 8.33. The van der Waals surface area contributed by atoms with Crippen LogP contribution in [0.15, 0.2) is 34.7 Å². The van der Waals surface area contributed by atoms with Crippen molar-refractivity contribution in [3.05, 3.63) is 51.8 Å². The van der Waals surface area contributed by atoms with E-state index in [1.165, 1.54) is 6.07 Å². The number of nitrogens with two attached hydrogens (primary N) is 1. The van der Waals surface area contributed by atoms with Crippen LogP contribution >= 0.6 is 0 Å². The van der Waals surface area contributed by atoms with Crippen LogP contribution in [0.3, 0.4) is 0 Å². The van der Waals surface area contributed by atoms with E-state index in [9.17, 15) is 20.0 Å². The van der Waals surface area contributed by atoms with Crippen molar-refractivity contribution < 1.29 is 19.2 Å². The van der Waals surface area contributed by atoms with E-state index in [0.29, 0.717) is 11.3 Å². The molecule has 26 heavy (non-hydrogen) atoms. The Bertz CT molecular complexity index is 813. The van der Waals surface area contributed by atoms with E-state index in [1.54, 1.807) is 12.1 Å². The molecule has 0 saturated carbocycles. The van der Waals surface area contributed by atoms with Crippen LogP contribution in [-0.2, 0) is 6.61 Å². The van der Waals surface area contributed by atoms with Crippen LogP contribution in [0, 0.1) is 10.1 Å². The lowest BCUT2D eigenvalue weighted by Crippen LogP contribution is -2.39. The van der Waals surface area contributed by atoms with Crippen molar-refractivity contribution in [3.63, 3.8) is 0 Å². The average Bonchev–Trinajstić information content (AvgIpc) is 3.17. The molecule has 1 aliphatic heterocycles. The molecule has 0 radical (unpaired) electrons. The van der Waals surface area contributed by atoms with Crippen LogP contribution < -0.4 is 15.8 Å². The maximum absolute atomic E-state index is 12.6. The highest BCUT2D eigenvalue weighted by Crippen LogP contribution is 2.32. The zero-order valence-electron chi connectivity index (χ0n) is 14.1. The van der Waals surface area contributed by atoms with E-state index in [2.05, 4.69) is 4.90 Å². The highest BCUT2D eigenvalue weighted by Gasteiger charge is 2.25. The van der Waals surface area contributed by atoms with Gasteiger partial charge in [-0.15, -0.1) is 0 Å². The fourth-order valence-electron chi connectivity index (χ4n) is 3.03. The fourth-order valence-corrected chi connectivity index (χ4v) is 3.03. The first kappa shape index (κ1) is 17.9. The van der Waals surface area contributed by atoms with Crippen LogP contribution in [0.2, 0.25) is 0 Å². The van der Waals surface area contributed by atoms with Crippen LogP contribution in [0.4, 0.5) is 17.3 Å². The number of hydrazine groups is 1. The Hall–Kier alpha value is -2.91. The third-order valence-corrected chi connectivity index (χ3v) is 4.38. The van der Waals surface area contributed by atoms with Gasteiger partial charge in [0.1, 0.15) is 4.92 Å². The largest absolute Gasteiger partial charge is 0.433 e. The number of nitrogens with zero attached hydrogens (tertiary/aromatic N) is 3. The van der Waals surface area contributed by atoms with Gasteiger partial charge in [-0.3, -0.25) is 14.9 Å². The summed E-state index contributed by atoms with van der Waals surface area (Å²) in [5, 5.41) is 21.1. The number of furan rings is 1. The normalized spacial score (nSPS) is 14.3. The Labute approximate surface area is 149 Å². The van der Waals surface area contributed by atoms with Crippen molar-refractivity contribution in [1.29, 1.82) is 0 Å². The molecular formula is C17H20N4O5. The number of nitro groups is 1. The summed E-state index contributed by atoms with van der Waals surface area (Å²) < 4.78 is 4.96. The zero-order chi connectivity index (χ0) is 18.7. The van der Waals surface area contributed by atoms with Gasteiger partial charge >= 0.3 is 11.8 Å². The topological polar surface area (TPSA) is 126 Å². The zero-order valence-corrected chi connectivity index (χ0v) is 14.1. The van der Waals surface area contributed by atoms with Crippen LogP contribution in [0.25, 0.3) is 0 Å². The molecule has 3 rings (SSSR count). The van der Waals surface area contributed by atoms with Crippen LogP contribution in [0.1, 0.15) is 35.4 Å². The molecular weight excluding hydrogens is 340 g/mol. The minimum Gasteiger partial charge on any atom is -0.395 e. The molecule has 0 aliphatic carbocycles. The molecule has 9 nitrogen and oxygen atoms in total. The molecule has 9 heteroatoms. The van der Waals surface area contributed by atoms with Gasteiger partial charge in [0.25, 0.3) is 0 Å². The van der Waals surface area contributed by atoms with Gasteiger partial charge in [0.2, 0.25) is 5.76 Å². The van der Waals surface area contributed by atoms with Gasteiger partial charge in [-0.05, 0) is 43.0 Å². The first-order valence-corrected chi connectivity index (χ1v) is 8.33. The molecule has 0 atom stereocenters. The predicted molar refractivity (Wildman–Crippen MR) is 94.8 cm³/mol. The summed E-state index contributed by atoms with van der Waals surface area (Å²) in [4.78, 5) is 24.8. The maximum Gasteiger partial charge on any atom is 0.433 e. The Kier molecular flexibility index (Phi) is 5.19. The second-order valence-electron chi connectivity index (χ2n) is 6.10. The van der Waals surface area contributed by atoms with Crippen molar-refractivity contribution in [2.45, 2.75) is 25.9 Å². The van der Waals surface area contributed by atoms with Crippen molar-refractivity contribution in [1.82, 2.24) is 0 Å². The number of piperidine rings is 1. The lowest BCUT2D eigenvalue weighted by atomic mass is 10.1. The molecule has 0 unspecified atom stereocenters. The minimum atomic E-state index is -0.719. The monoisotopic (exact) mass is 360 g/mol. The standard InChI is InChI=1S/C17H20N4O5/c18-20(17(23)15-6-7-16(26-15)21(24)25)14-10-12(11-22)4-5-13(14)19-8-2-1-3-9-19/h4-7,10,22H,1-3,8-9,11,18H2. The van der Waals surface area contributed by atoms with E-state index in [0.717, 1.165) is 49.1 Å². The lowest BCUT2D eigenvalue weighted by molar-refractivity contribution is -0.402. The van der Waals surface area contributed by atoms with Gasteiger partial charge in [-0.1, -0.05) is 6.07 Å². The van der Waals surface area contributed by atoms with Gasteiger partial charge < -0.3 is 14.4 Å². The molecule has 3 N–H and O–H groups in total. The molecule has 2 aromatic rings. The van der Waals surface area contributed by atoms with Crippen LogP contribution in [-0.4, -0.2) is 29.0 Å². The molecule has 138 valence electrons. The molecule has 0 bridgehead atoms. The number of amides is 1. The van der Waals surface area contributed by atoms with Gasteiger partial charge in [-0.2, -0.15) is 0 Å². The Morgan fingerprint density at radius 1 is 1.27 bits per heavy atom. The Morgan fingerprint density at radius 3 is 2.62 bits per heavy atom. The number of aliphatic hydroxyl groups is 1. The minimum absolute atomic E-state index is 0.193. The number of benzene rings is 1. The summed E-state index contributed by atoms with van der Waals surface area (Å²) >= 11 is 0. The van der Waals surface area contributed by atoms with Gasteiger partial charge in [0, 0.05) is 13.1 Å². The molecule has 1 amide bonds. The van der Waals surface area contributed by atoms with Crippen molar-refractivity contribution in [2.24, 2.45) is 5.84 Å². The summed E-state index contributed by atoms with van der Waals surface area (Å²) in [6.07, 6.45) is 3.25. The number of anilines is 2. The molecule has 1 aliphatic rings. The summed E-state index contributed by atoms with van der Waals surface area (Å²) in [6.45, 7) is 1.50. The summed E-state index contributed by atoms with van der Waals surface area (Å²) in [6, 6.07) is 7.57. The van der Waals surface area contributed by atoms with Gasteiger partial charge in [-0.25, -0.2) is 10.9 Å². The number of carbonyl (C=O) groups is 1. The molecule has 2 heterocycles. The number of carbonyl (C=O) groups excluding carboxylic acids is 1. The van der Waals surface area contributed by atoms with E-state index in [-0.39, 0.29) is 12.4 Å². The van der Waals surface area contributed by atoms with Gasteiger partial charge in [0.05, 0.1) is 24.0 Å². The van der Waals surface area contributed by atoms with E-state index in [1.807, 2.05) is 6.07 Å². The smallest absolute Gasteiger partial charge is 0.395 e. The Balaban J connectivity index is 1.94. The first-order chi connectivity index (χ1) is 12.5. The number of aliphatic hydroxyl groups excluding tert-OH is 1.